The van der Waals surface area contributed by atoms with Crippen molar-refractivity contribution < 1.29 is 9.13 Å². The van der Waals surface area contributed by atoms with Gasteiger partial charge in [0.15, 0.2) is 0 Å². The SMILES string of the molecule is Cn1c(Oc2cccc(F)c2)nc2ccccc21. The van der Waals surface area contributed by atoms with Crippen LogP contribution in [0.3, 0.4) is 0 Å². The standard InChI is InChI=1S/C14H11FN2O/c1-17-13-8-3-2-7-12(13)16-14(17)18-11-6-4-5-10(15)9-11/h2-9H,1H3. The minimum atomic E-state index is -0.328. The Kier molecular flexibility index (Phi) is 2.48. The van der Waals surface area contributed by atoms with E-state index in [9.17, 15) is 4.39 Å². The van der Waals surface area contributed by atoms with Crippen LogP contribution in [-0.4, -0.2) is 9.55 Å². The Morgan fingerprint density at radius 1 is 1.11 bits per heavy atom. The van der Waals surface area contributed by atoms with E-state index in [1.54, 1.807) is 12.1 Å². The molecule has 3 nitrogen and oxygen atoms in total. The number of fused-ring (bicyclic) bond motifs is 1. The van der Waals surface area contributed by atoms with Gasteiger partial charge in [0.05, 0.1) is 11.0 Å². The summed E-state index contributed by atoms with van der Waals surface area (Å²) in [6, 6.07) is 14.2. The van der Waals surface area contributed by atoms with Crippen molar-refractivity contribution in [2.45, 2.75) is 0 Å². The zero-order valence-corrected chi connectivity index (χ0v) is 9.80. The highest BCUT2D eigenvalue weighted by molar-refractivity contribution is 5.76. The van der Waals surface area contributed by atoms with Crippen LogP contribution in [0.1, 0.15) is 0 Å². The average Bonchev–Trinajstić information content (AvgIpc) is 2.67. The maximum atomic E-state index is 13.1. The number of para-hydroxylation sites is 2. The maximum absolute atomic E-state index is 13.1. The molecule has 0 bridgehead atoms. The van der Waals surface area contributed by atoms with Gasteiger partial charge >= 0.3 is 6.01 Å². The van der Waals surface area contributed by atoms with Gasteiger partial charge in [0.2, 0.25) is 0 Å². The molecule has 0 atom stereocenters. The molecule has 0 radical (unpaired) electrons. The third-order valence-electron chi connectivity index (χ3n) is 2.75. The first kappa shape index (κ1) is 10.8. The molecule has 4 heteroatoms. The minimum Gasteiger partial charge on any atom is -0.425 e. The van der Waals surface area contributed by atoms with Crippen LogP contribution in [0.15, 0.2) is 48.5 Å². The molecule has 0 fully saturated rings. The van der Waals surface area contributed by atoms with Gasteiger partial charge in [0.25, 0.3) is 0 Å². The number of nitrogens with zero attached hydrogens (tertiary/aromatic N) is 2. The summed E-state index contributed by atoms with van der Waals surface area (Å²) in [6.45, 7) is 0. The van der Waals surface area contributed by atoms with Crippen molar-refractivity contribution in [2.75, 3.05) is 0 Å². The van der Waals surface area contributed by atoms with E-state index in [2.05, 4.69) is 4.98 Å². The Bertz CT molecular complexity index is 706. The summed E-state index contributed by atoms with van der Waals surface area (Å²) in [4.78, 5) is 4.36. The van der Waals surface area contributed by atoms with Crippen molar-refractivity contribution in [1.29, 1.82) is 0 Å². The molecule has 90 valence electrons. The van der Waals surface area contributed by atoms with Gasteiger partial charge in [-0.2, -0.15) is 4.98 Å². The van der Waals surface area contributed by atoms with Crippen LogP contribution < -0.4 is 4.74 Å². The molecule has 1 heterocycles. The van der Waals surface area contributed by atoms with Crippen molar-refractivity contribution in [1.82, 2.24) is 9.55 Å². The summed E-state index contributed by atoms with van der Waals surface area (Å²) >= 11 is 0. The Balaban J connectivity index is 2.02. The normalized spacial score (nSPS) is 10.8. The molecule has 18 heavy (non-hydrogen) atoms. The van der Waals surface area contributed by atoms with Crippen molar-refractivity contribution in [3.63, 3.8) is 0 Å². The molecule has 0 spiro atoms. The molecule has 0 saturated carbocycles. The first-order chi connectivity index (χ1) is 8.74. The van der Waals surface area contributed by atoms with Gasteiger partial charge in [-0.05, 0) is 24.3 Å². The zero-order chi connectivity index (χ0) is 12.5. The Morgan fingerprint density at radius 2 is 1.94 bits per heavy atom. The number of aromatic nitrogens is 2. The van der Waals surface area contributed by atoms with E-state index in [0.29, 0.717) is 11.8 Å². The number of rotatable bonds is 2. The highest BCUT2D eigenvalue weighted by atomic mass is 19.1. The van der Waals surface area contributed by atoms with Crippen LogP contribution in [0.4, 0.5) is 4.39 Å². The van der Waals surface area contributed by atoms with Gasteiger partial charge in [-0.3, -0.25) is 4.57 Å². The van der Waals surface area contributed by atoms with Gasteiger partial charge < -0.3 is 4.74 Å². The van der Waals surface area contributed by atoms with Crippen LogP contribution in [0.5, 0.6) is 11.8 Å². The second-order valence-electron chi connectivity index (χ2n) is 4.00. The number of hydrogen-bond acceptors (Lipinski definition) is 2. The van der Waals surface area contributed by atoms with Gasteiger partial charge in [-0.25, -0.2) is 4.39 Å². The highest BCUT2D eigenvalue weighted by Crippen LogP contribution is 2.24. The Hall–Kier alpha value is -2.36. The summed E-state index contributed by atoms with van der Waals surface area (Å²) in [5, 5.41) is 0. The average molecular weight is 242 g/mol. The molecular weight excluding hydrogens is 231 g/mol. The summed E-state index contributed by atoms with van der Waals surface area (Å²) in [5.74, 6) is 0.111. The van der Waals surface area contributed by atoms with Crippen LogP contribution >= 0.6 is 0 Å². The zero-order valence-electron chi connectivity index (χ0n) is 9.80. The summed E-state index contributed by atoms with van der Waals surface area (Å²) in [5.41, 5.74) is 1.83. The predicted molar refractivity (Wildman–Crippen MR) is 67.2 cm³/mol. The third kappa shape index (κ3) is 1.82. The minimum absolute atomic E-state index is 0.328. The van der Waals surface area contributed by atoms with E-state index < -0.39 is 0 Å². The number of ether oxygens (including phenoxy) is 1. The largest absolute Gasteiger partial charge is 0.425 e. The molecule has 0 amide bonds. The fourth-order valence-corrected chi connectivity index (χ4v) is 1.85. The number of benzene rings is 2. The van der Waals surface area contributed by atoms with E-state index in [0.717, 1.165) is 11.0 Å². The Morgan fingerprint density at radius 3 is 2.72 bits per heavy atom. The van der Waals surface area contributed by atoms with Crippen molar-refractivity contribution in [3.05, 3.63) is 54.3 Å². The lowest BCUT2D eigenvalue weighted by atomic mass is 10.3. The molecule has 0 unspecified atom stereocenters. The summed E-state index contributed by atoms with van der Waals surface area (Å²) in [7, 11) is 1.87. The summed E-state index contributed by atoms with van der Waals surface area (Å²) in [6.07, 6.45) is 0. The van der Waals surface area contributed by atoms with Crippen LogP contribution in [0.2, 0.25) is 0 Å². The smallest absolute Gasteiger partial charge is 0.302 e. The fraction of sp³-hybridized carbons (Fsp3) is 0.0714. The molecular formula is C14H11FN2O. The van der Waals surface area contributed by atoms with Crippen molar-refractivity contribution in [3.8, 4) is 11.8 Å². The van der Waals surface area contributed by atoms with E-state index in [-0.39, 0.29) is 5.82 Å². The molecule has 0 saturated heterocycles. The molecule has 0 aliphatic heterocycles. The number of aryl methyl sites for hydroxylation is 1. The third-order valence-corrected chi connectivity index (χ3v) is 2.75. The second kappa shape index (κ2) is 4.14. The molecule has 0 aliphatic carbocycles. The van der Waals surface area contributed by atoms with Crippen molar-refractivity contribution in [2.24, 2.45) is 7.05 Å². The first-order valence-corrected chi connectivity index (χ1v) is 5.59. The molecule has 0 N–H and O–H groups in total. The van der Waals surface area contributed by atoms with Crippen molar-refractivity contribution >= 4 is 11.0 Å². The van der Waals surface area contributed by atoms with Crippen LogP contribution in [0, 0.1) is 5.82 Å². The molecule has 3 aromatic rings. The van der Waals surface area contributed by atoms with Gasteiger partial charge in [-0.15, -0.1) is 0 Å². The lowest BCUT2D eigenvalue weighted by Crippen LogP contribution is -1.94. The summed E-state index contributed by atoms with van der Waals surface area (Å²) < 4.78 is 20.5. The topological polar surface area (TPSA) is 27.1 Å². The van der Waals surface area contributed by atoms with Gasteiger partial charge in [0, 0.05) is 13.1 Å². The molecule has 0 aliphatic rings. The van der Waals surface area contributed by atoms with E-state index in [1.807, 2.05) is 35.9 Å². The lowest BCUT2D eigenvalue weighted by molar-refractivity contribution is 0.424. The molecule has 3 rings (SSSR count). The second-order valence-corrected chi connectivity index (χ2v) is 4.00. The van der Waals surface area contributed by atoms with Crippen LogP contribution in [-0.2, 0) is 7.05 Å². The van der Waals surface area contributed by atoms with Gasteiger partial charge in [-0.1, -0.05) is 18.2 Å². The number of halogens is 1. The number of imidazole rings is 1. The van der Waals surface area contributed by atoms with E-state index in [1.165, 1.54) is 12.1 Å². The number of hydrogen-bond donors (Lipinski definition) is 0. The lowest BCUT2D eigenvalue weighted by Gasteiger charge is -2.04. The fourth-order valence-electron chi connectivity index (χ4n) is 1.85. The van der Waals surface area contributed by atoms with E-state index >= 15 is 0 Å². The molecule has 2 aromatic carbocycles. The van der Waals surface area contributed by atoms with Gasteiger partial charge in [0.1, 0.15) is 11.6 Å². The monoisotopic (exact) mass is 242 g/mol. The predicted octanol–water partition coefficient (Wildman–Crippen LogP) is 3.50. The van der Waals surface area contributed by atoms with E-state index in [4.69, 9.17) is 4.74 Å². The molecule has 1 aromatic heterocycles. The van der Waals surface area contributed by atoms with Crippen LogP contribution in [0.25, 0.3) is 11.0 Å². The quantitative estimate of drug-likeness (QED) is 0.687. The first-order valence-electron chi connectivity index (χ1n) is 5.59. The Labute approximate surface area is 103 Å². The highest BCUT2D eigenvalue weighted by Gasteiger charge is 2.09. The maximum Gasteiger partial charge on any atom is 0.302 e.